The van der Waals surface area contributed by atoms with Gasteiger partial charge in [0.1, 0.15) is 0 Å². The van der Waals surface area contributed by atoms with Gasteiger partial charge in [0.25, 0.3) is 0 Å². The maximum absolute atomic E-state index is 5.98. The number of ether oxygens (including phenoxy) is 2. The van der Waals surface area contributed by atoms with Crippen LogP contribution in [0.1, 0.15) is 39.0 Å². The fourth-order valence-electron chi connectivity index (χ4n) is 3.92. The van der Waals surface area contributed by atoms with E-state index in [4.69, 9.17) is 14.5 Å². The predicted molar refractivity (Wildman–Crippen MR) is 116 cm³/mol. The van der Waals surface area contributed by atoms with E-state index in [1.165, 1.54) is 32.6 Å². The summed E-state index contributed by atoms with van der Waals surface area (Å²) in [5.41, 5.74) is 0. The van der Waals surface area contributed by atoms with Gasteiger partial charge in [0, 0.05) is 59.6 Å². The number of likely N-dealkylation sites (N-methyl/N-ethyl adjacent to an activating group) is 1. The Morgan fingerprint density at radius 3 is 2.61 bits per heavy atom. The predicted octanol–water partition coefficient (Wildman–Crippen LogP) is 1.50. The first-order chi connectivity index (χ1) is 13.7. The van der Waals surface area contributed by atoms with E-state index in [2.05, 4.69) is 34.0 Å². The number of piperidine rings is 1. The van der Waals surface area contributed by atoms with Gasteiger partial charge in [-0.2, -0.15) is 0 Å². The normalized spacial score (nSPS) is 21.1. The molecule has 0 unspecified atom stereocenters. The summed E-state index contributed by atoms with van der Waals surface area (Å²) in [4.78, 5) is 12.3. The average molecular weight is 398 g/mol. The van der Waals surface area contributed by atoms with E-state index < -0.39 is 0 Å². The highest BCUT2D eigenvalue weighted by Crippen LogP contribution is 2.14. The summed E-state index contributed by atoms with van der Waals surface area (Å²) in [5.74, 6) is 1.08. The molecule has 1 N–H and O–H groups in total. The van der Waals surface area contributed by atoms with E-state index in [0.717, 1.165) is 77.6 Å². The van der Waals surface area contributed by atoms with Crippen LogP contribution in [-0.2, 0) is 9.47 Å². The van der Waals surface area contributed by atoms with Gasteiger partial charge >= 0.3 is 0 Å². The van der Waals surface area contributed by atoms with Gasteiger partial charge in [-0.25, -0.2) is 0 Å². The highest BCUT2D eigenvalue weighted by atomic mass is 16.5. The van der Waals surface area contributed by atoms with Gasteiger partial charge in [-0.15, -0.1) is 0 Å². The number of nitrogens with one attached hydrogen (secondary N) is 1. The second-order valence-electron chi connectivity index (χ2n) is 7.99. The molecule has 0 aliphatic carbocycles. The topological polar surface area (TPSA) is 52.6 Å². The number of hydrogen-bond acceptors (Lipinski definition) is 5. The Balaban J connectivity index is 1.67. The van der Waals surface area contributed by atoms with Crippen molar-refractivity contribution in [2.24, 2.45) is 4.99 Å². The second kappa shape index (κ2) is 14.1. The molecule has 164 valence electrons. The van der Waals surface area contributed by atoms with Crippen molar-refractivity contribution < 1.29 is 9.47 Å². The van der Waals surface area contributed by atoms with Crippen molar-refractivity contribution in [3.63, 3.8) is 0 Å². The van der Waals surface area contributed by atoms with Crippen molar-refractivity contribution in [2.75, 3.05) is 86.3 Å². The number of methoxy groups -OCH3 is 1. The minimum atomic E-state index is 0.386. The summed E-state index contributed by atoms with van der Waals surface area (Å²) in [6.07, 6.45) is 5.95. The van der Waals surface area contributed by atoms with E-state index >= 15 is 0 Å². The van der Waals surface area contributed by atoms with E-state index in [1.807, 2.05) is 0 Å². The summed E-state index contributed by atoms with van der Waals surface area (Å²) < 4.78 is 11.1. The quantitative estimate of drug-likeness (QED) is 0.343. The SMILES string of the molecule is CCNC(=NCCCN1CCCN(C)CC1)N1CCC(OCCCOC)CC1. The monoisotopic (exact) mass is 397 g/mol. The van der Waals surface area contributed by atoms with Gasteiger partial charge in [0.2, 0.25) is 0 Å². The van der Waals surface area contributed by atoms with Crippen molar-refractivity contribution in [1.29, 1.82) is 0 Å². The molecule has 2 fully saturated rings. The lowest BCUT2D eigenvalue weighted by molar-refractivity contribution is 0.00990. The molecule has 2 aliphatic rings. The molecule has 2 aliphatic heterocycles. The van der Waals surface area contributed by atoms with E-state index in [0.29, 0.717) is 6.10 Å². The highest BCUT2D eigenvalue weighted by molar-refractivity contribution is 5.80. The average Bonchev–Trinajstić information content (AvgIpc) is 2.92. The van der Waals surface area contributed by atoms with Crippen LogP contribution in [0.4, 0.5) is 0 Å². The fourth-order valence-corrected chi connectivity index (χ4v) is 3.92. The molecule has 0 atom stereocenters. The zero-order valence-corrected chi connectivity index (χ0v) is 18.5. The van der Waals surface area contributed by atoms with Crippen LogP contribution < -0.4 is 5.32 Å². The van der Waals surface area contributed by atoms with Crippen molar-refractivity contribution in [3.8, 4) is 0 Å². The van der Waals surface area contributed by atoms with Crippen LogP contribution in [0.25, 0.3) is 0 Å². The second-order valence-corrected chi connectivity index (χ2v) is 7.99. The van der Waals surface area contributed by atoms with Crippen molar-refractivity contribution in [1.82, 2.24) is 20.0 Å². The number of nitrogens with zero attached hydrogens (tertiary/aromatic N) is 4. The molecule has 2 rings (SSSR count). The molecule has 2 saturated heterocycles. The van der Waals surface area contributed by atoms with Gasteiger partial charge in [0.05, 0.1) is 6.10 Å². The molecule has 0 bridgehead atoms. The fraction of sp³-hybridized carbons (Fsp3) is 0.952. The lowest BCUT2D eigenvalue weighted by Crippen LogP contribution is -2.47. The van der Waals surface area contributed by atoms with Crippen molar-refractivity contribution in [3.05, 3.63) is 0 Å². The standard InChI is InChI=1S/C21H43N5O2/c1-4-22-21(23-10-5-12-25-13-6-11-24(2)16-17-25)26-14-8-20(9-15-26)28-19-7-18-27-3/h20H,4-19H2,1-3H3,(H,22,23). The Hall–Kier alpha value is -0.890. The molecule has 0 radical (unpaired) electrons. The lowest BCUT2D eigenvalue weighted by atomic mass is 10.1. The van der Waals surface area contributed by atoms with E-state index in [1.54, 1.807) is 7.11 Å². The summed E-state index contributed by atoms with van der Waals surface area (Å²) in [6.45, 7) is 13.6. The molecule has 0 aromatic heterocycles. The summed E-state index contributed by atoms with van der Waals surface area (Å²) in [6, 6.07) is 0. The molecule has 0 amide bonds. The minimum Gasteiger partial charge on any atom is -0.385 e. The summed E-state index contributed by atoms with van der Waals surface area (Å²) >= 11 is 0. The van der Waals surface area contributed by atoms with Crippen LogP contribution in [0.3, 0.4) is 0 Å². The smallest absolute Gasteiger partial charge is 0.193 e. The Morgan fingerprint density at radius 2 is 1.86 bits per heavy atom. The first kappa shape index (κ1) is 23.4. The van der Waals surface area contributed by atoms with Crippen LogP contribution in [0.5, 0.6) is 0 Å². The number of guanidine groups is 1. The van der Waals surface area contributed by atoms with Gasteiger partial charge < -0.3 is 29.5 Å². The third-order valence-electron chi connectivity index (χ3n) is 5.63. The van der Waals surface area contributed by atoms with Crippen LogP contribution >= 0.6 is 0 Å². The van der Waals surface area contributed by atoms with Gasteiger partial charge in [0.15, 0.2) is 5.96 Å². The molecular weight excluding hydrogens is 354 g/mol. The van der Waals surface area contributed by atoms with Crippen LogP contribution in [0.15, 0.2) is 4.99 Å². The molecule has 28 heavy (non-hydrogen) atoms. The summed E-state index contributed by atoms with van der Waals surface area (Å²) in [5, 5.41) is 3.48. The molecule has 7 nitrogen and oxygen atoms in total. The zero-order valence-electron chi connectivity index (χ0n) is 18.5. The number of rotatable bonds is 10. The number of hydrogen-bond donors (Lipinski definition) is 1. The number of aliphatic imine (C=N–C) groups is 1. The first-order valence-corrected chi connectivity index (χ1v) is 11.3. The molecule has 0 spiro atoms. The highest BCUT2D eigenvalue weighted by Gasteiger charge is 2.21. The van der Waals surface area contributed by atoms with Gasteiger partial charge in [-0.1, -0.05) is 0 Å². The Kier molecular flexibility index (Phi) is 11.8. The molecule has 7 heteroatoms. The minimum absolute atomic E-state index is 0.386. The first-order valence-electron chi connectivity index (χ1n) is 11.3. The Labute approximate surface area is 172 Å². The maximum atomic E-state index is 5.98. The molecular formula is C21H43N5O2. The molecule has 0 aromatic rings. The third-order valence-corrected chi connectivity index (χ3v) is 5.63. The Morgan fingerprint density at radius 1 is 1.04 bits per heavy atom. The van der Waals surface area contributed by atoms with Crippen LogP contribution in [0.2, 0.25) is 0 Å². The third kappa shape index (κ3) is 9.07. The van der Waals surface area contributed by atoms with Gasteiger partial charge in [-0.3, -0.25) is 4.99 Å². The van der Waals surface area contributed by atoms with E-state index in [9.17, 15) is 0 Å². The zero-order chi connectivity index (χ0) is 20.0. The molecule has 0 saturated carbocycles. The van der Waals surface area contributed by atoms with Gasteiger partial charge in [-0.05, 0) is 65.7 Å². The molecule has 0 aromatic carbocycles. The van der Waals surface area contributed by atoms with E-state index in [-0.39, 0.29) is 0 Å². The maximum Gasteiger partial charge on any atom is 0.193 e. The van der Waals surface area contributed by atoms with Crippen molar-refractivity contribution >= 4 is 5.96 Å². The largest absolute Gasteiger partial charge is 0.385 e. The lowest BCUT2D eigenvalue weighted by Gasteiger charge is -2.34. The van der Waals surface area contributed by atoms with Crippen LogP contribution in [-0.4, -0.2) is 113 Å². The van der Waals surface area contributed by atoms with Crippen LogP contribution in [0, 0.1) is 0 Å². The Bertz CT molecular complexity index is 427. The molecule has 2 heterocycles. The summed E-state index contributed by atoms with van der Waals surface area (Å²) in [7, 11) is 3.97. The number of likely N-dealkylation sites (tertiary alicyclic amines) is 1. The van der Waals surface area contributed by atoms with Crippen molar-refractivity contribution in [2.45, 2.75) is 45.1 Å².